The number of nitrogens with one attached hydrogen (secondary N) is 1. The van der Waals surface area contributed by atoms with Gasteiger partial charge in [0.15, 0.2) is 0 Å². The topological polar surface area (TPSA) is 56.3 Å². The largest absolute Gasteiger partial charge is 0.382 e. The van der Waals surface area contributed by atoms with Gasteiger partial charge in [-0.05, 0) is 6.07 Å². The number of hydrogen-bond acceptors (Lipinski definition) is 5. The molecule has 1 rings (SSSR count). The van der Waals surface area contributed by atoms with E-state index in [1.165, 1.54) is 0 Å². The van der Waals surface area contributed by atoms with Crippen LogP contribution in [0.15, 0.2) is 18.5 Å². The van der Waals surface area contributed by atoms with Gasteiger partial charge in [0.2, 0.25) is 0 Å². The van der Waals surface area contributed by atoms with Crippen LogP contribution in [-0.4, -0.2) is 43.4 Å². The van der Waals surface area contributed by atoms with Gasteiger partial charge in [0.1, 0.15) is 5.82 Å². The molecule has 1 unspecified atom stereocenters. The van der Waals surface area contributed by atoms with Gasteiger partial charge in [0.05, 0.1) is 19.3 Å². The summed E-state index contributed by atoms with van der Waals surface area (Å²) in [6.07, 6.45) is 3.53. The molecule has 5 nitrogen and oxygen atoms in total. The Labute approximate surface area is 89.8 Å². The first kappa shape index (κ1) is 12.0. The minimum atomic E-state index is 0.0683. The molecule has 0 radical (unpaired) electrons. The fourth-order valence-corrected chi connectivity index (χ4v) is 1.16. The van der Waals surface area contributed by atoms with Gasteiger partial charge in [-0.15, -0.1) is 0 Å². The lowest BCUT2D eigenvalue weighted by Crippen LogP contribution is -2.31. The summed E-state index contributed by atoms with van der Waals surface area (Å²) in [5, 5.41) is 3.21. The molecule has 0 amide bonds. The van der Waals surface area contributed by atoms with Gasteiger partial charge in [-0.2, -0.15) is 0 Å². The summed E-state index contributed by atoms with van der Waals surface area (Å²) in [5.74, 6) is 0.782. The van der Waals surface area contributed by atoms with Crippen molar-refractivity contribution < 1.29 is 9.47 Å². The molecule has 1 atom stereocenters. The average molecular weight is 211 g/mol. The normalized spacial score (nSPS) is 12.7. The Bertz CT molecular complexity index is 256. The summed E-state index contributed by atoms with van der Waals surface area (Å²) in [6, 6.07) is 1.80. The highest BCUT2D eigenvalue weighted by Crippen LogP contribution is 1.90. The lowest BCUT2D eigenvalue weighted by Gasteiger charge is -2.14. The Kier molecular flexibility index (Phi) is 5.84. The zero-order valence-electron chi connectivity index (χ0n) is 9.14. The van der Waals surface area contributed by atoms with Crippen molar-refractivity contribution in [2.75, 3.05) is 27.4 Å². The molecular formula is C10H17N3O2. The zero-order chi connectivity index (χ0) is 10.9. The number of nitrogens with zero attached hydrogens (tertiary/aromatic N) is 2. The Morgan fingerprint density at radius 1 is 1.33 bits per heavy atom. The minimum absolute atomic E-state index is 0.0683. The van der Waals surface area contributed by atoms with Gasteiger partial charge in [0, 0.05) is 33.2 Å². The highest BCUT2D eigenvalue weighted by atomic mass is 16.5. The van der Waals surface area contributed by atoms with E-state index in [4.69, 9.17) is 9.47 Å². The molecule has 15 heavy (non-hydrogen) atoms. The molecule has 1 aromatic rings. The molecule has 84 valence electrons. The first-order valence-corrected chi connectivity index (χ1v) is 4.85. The number of methoxy groups -OCH3 is 2. The molecule has 1 heterocycles. The fourth-order valence-electron chi connectivity index (χ4n) is 1.16. The smallest absolute Gasteiger partial charge is 0.141 e. The average Bonchev–Trinajstić information content (AvgIpc) is 2.29. The van der Waals surface area contributed by atoms with Gasteiger partial charge in [-0.3, -0.25) is 0 Å². The molecule has 1 N–H and O–H groups in total. The van der Waals surface area contributed by atoms with Crippen LogP contribution >= 0.6 is 0 Å². The Morgan fingerprint density at radius 3 is 2.67 bits per heavy atom. The molecule has 0 fully saturated rings. The Balaban J connectivity index is 2.20. The first-order chi connectivity index (χ1) is 7.36. The molecule has 0 saturated carbocycles. The van der Waals surface area contributed by atoms with Crippen LogP contribution < -0.4 is 5.32 Å². The molecule has 0 saturated heterocycles. The van der Waals surface area contributed by atoms with E-state index < -0.39 is 0 Å². The van der Waals surface area contributed by atoms with Crippen molar-refractivity contribution in [1.29, 1.82) is 0 Å². The van der Waals surface area contributed by atoms with Crippen LogP contribution in [0.5, 0.6) is 0 Å². The van der Waals surface area contributed by atoms with E-state index in [0.29, 0.717) is 13.2 Å². The third-order valence-corrected chi connectivity index (χ3v) is 1.96. The summed E-state index contributed by atoms with van der Waals surface area (Å²) in [5.41, 5.74) is 0. The second kappa shape index (κ2) is 7.28. The maximum Gasteiger partial charge on any atom is 0.141 e. The highest BCUT2D eigenvalue weighted by Gasteiger charge is 2.05. The van der Waals surface area contributed by atoms with Gasteiger partial charge < -0.3 is 14.8 Å². The summed E-state index contributed by atoms with van der Waals surface area (Å²) < 4.78 is 10.2. The van der Waals surface area contributed by atoms with Gasteiger partial charge in [-0.1, -0.05) is 0 Å². The number of hydrogen-bond donors (Lipinski definition) is 1. The summed E-state index contributed by atoms with van der Waals surface area (Å²) >= 11 is 0. The number of ether oxygens (including phenoxy) is 2. The summed E-state index contributed by atoms with van der Waals surface area (Å²) in [7, 11) is 3.33. The second-order valence-corrected chi connectivity index (χ2v) is 3.11. The van der Waals surface area contributed by atoms with Crippen LogP contribution in [0.4, 0.5) is 0 Å². The van der Waals surface area contributed by atoms with E-state index in [1.807, 2.05) is 0 Å². The van der Waals surface area contributed by atoms with Crippen molar-refractivity contribution in [2.24, 2.45) is 0 Å². The van der Waals surface area contributed by atoms with Crippen LogP contribution in [0.3, 0.4) is 0 Å². The molecule has 0 aliphatic carbocycles. The van der Waals surface area contributed by atoms with Crippen molar-refractivity contribution in [3.8, 4) is 0 Å². The van der Waals surface area contributed by atoms with E-state index >= 15 is 0 Å². The van der Waals surface area contributed by atoms with Gasteiger partial charge in [-0.25, -0.2) is 9.97 Å². The fraction of sp³-hybridized carbons (Fsp3) is 0.600. The molecule has 0 aliphatic heterocycles. The molecule has 1 aromatic heterocycles. The van der Waals surface area contributed by atoms with Crippen LogP contribution in [0.1, 0.15) is 5.82 Å². The van der Waals surface area contributed by atoms with Gasteiger partial charge in [0.25, 0.3) is 0 Å². The van der Waals surface area contributed by atoms with E-state index in [0.717, 1.165) is 12.4 Å². The molecule has 5 heteroatoms. The quantitative estimate of drug-likeness (QED) is 0.699. The predicted octanol–water partition coefficient (Wildman–Crippen LogP) is 0.228. The maximum atomic E-state index is 5.20. The van der Waals surface area contributed by atoms with E-state index in [9.17, 15) is 0 Å². The SMILES string of the molecule is COCC(CNCc1ncccn1)OC. The highest BCUT2D eigenvalue weighted by molar-refractivity contribution is 4.87. The summed E-state index contributed by atoms with van der Waals surface area (Å²) in [6.45, 7) is 1.95. The number of rotatable bonds is 7. The molecule has 0 bridgehead atoms. The first-order valence-electron chi connectivity index (χ1n) is 4.85. The van der Waals surface area contributed by atoms with Crippen molar-refractivity contribution in [3.05, 3.63) is 24.3 Å². The lowest BCUT2D eigenvalue weighted by atomic mass is 10.3. The summed E-state index contributed by atoms with van der Waals surface area (Å²) in [4.78, 5) is 8.20. The Morgan fingerprint density at radius 2 is 2.07 bits per heavy atom. The third-order valence-electron chi connectivity index (χ3n) is 1.96. The van der Waals surface area contributed by atoms with Crippen LogP contribution in [0.2, 0.25) is 0 Å². The zero-order valence-corrected chi connectivity index (χ0v) is 9.14. The molecule has 0 aliphatic rings. The standard InChI is InChI=1S/C10H17N3O2/c1-14-8-9(15-2)6-11-7-10-12-4-3-5-13-10/h3-5,9,11H,6-8H2,1-2H3. The lowest BCUT2D eigenvalue weighted by molar-refractivity contribution is 0.0287. The van der Waals surface area contributed by atoms with Crippen molar-refractivity contribution in [1.82, 2.24) is 15.3 Å². The van der Waals surface area contributed by atoms with E-state index in [2.05, 4.69) is 15.3 Å². The predicted molar refractivity (Wildman–Crippen MR) is 56.4 cm³/mol. The van der Waals surface area contributed by atoms with Crippen molar-refractivity contribution in [2.45, 2.75) is 12.6 Å². The minimum Gasteiger partial charge on any atom is -0.382 e. The van der Waals surface area contributed by atoms with Gasteiger partial charge >= 0.3 is 0 Å². The van der Waals surface area contributed by atoms with E-state index in [1.54, 1.807) is 32.7 Å². The third kappa shape index (κ3) is 4.83. The van der Waals surface area contributed by atoms with E-state index in [-0.39, 0.29) is 6.10 Å². The second-order valence-electron chi connectivity index (χ2n) is 3.11. The Hall–Kier alpha value is -1.04. The number of aromatic nitrogens is 2. The monoisotopic (exact) mass is 211 g/mol. The molecule has 0 aromatic carbocycles. The maximum absolute atomic E-state index is 5.20. The van der Waals surface area contributed by atoms with Crippen LogP contribution in [0, 0.1) is 0 Å². The van der Waals surface area contributed by atoms with Crippen LogP contribution in [-0.2, 0) is 16.0 Å². The van der Waals surface area contributed by atoms with Crippen molar-refractivity contribution in [3.63, 3.8) is 0 Å². The van der Waals surface area contributed by atoms with Crippen molar-refractivity contribution >= 4 is 0 Å². The van der Waals surface area contributed by atoms with Crippen LogP contribution in [0.25, 0.3) is 0 Å². The molecular weight excluding hydrogens is 194 g/mol. The molecule has 0 spiro atoms.